The Hall–Kier alpha value is -1.12. The first-order chi connectivity index (χ1) is 4.75. The zero-order valence-electron chi connectivity index (χ0n) is 6.11. The molecule has 0 radical (unpaired) electrons. The SMILES string of the molecule is CC(C)n1nccc1C=O. The lowest BCUT2D eigenvalue weighted by atomic mass is 10.4. The van der Waals surface area contributed by atoms with Crippen LogP contribution in [0.1, 0.15) is 30.4 Å². The van der Waals surface area contributed by atoms with Crippen LogP contribution in [0.2, 0.25) is 0 Å². The van der Waals surface area contributed by atoms with Crippen molar-refractivity contribution in [1.82, 2.24) is 9.78 Å². The number of rotatable bonds is 2. The number of aldehydes is 1. The van der Waals surface area contributed by atoms with E-state index in [-0.39, 0.29) is 6.04 Å². The summed E-state index contributed by atoms with van der Waals surface area (Å²) in [6.45, 7) is 3.97. The third-order valence-corrected chi connectivity index (χ3v) is 1.31. The van der Waals surface area contributed by atoms with Gasteiger partial charge in [0.2, 0.25) is 0 Å². The summed E-state index contributed by atoms with van der Waals surface area (Å²) in [4.78, 5) is 10.3. The molecule has 10 heavy (non-hydrogen) atoms. The molecule has 0 amide bonds. The number of hydrogen-bond acceptors (Lipinski definition) is 2. The zero-order valence-corrected chi connectivity index (χ0v) is 6.11. The highest BCUT2D eigenvalue weighted by atomic mass is 16.1. The molecule has 0 saturated carbocycles. The van der Waals surface area contributed by atoms with E-state index in [1.54, 1.807) is 16.9 Å². The molecule has 0 N–H and O–H groups in total. The summed E-state index contributed by atoms with van der Waals surface area (Å²) in [6, 6.07) is 1.96. The fraction of sp³-hybridized carbons (Fsp3) is 0.429. The fourth-order valence-electron chi connectivity index (χ4n) is 0.849. The van der Waals surface area contributed by atoms with Crippen molar-refractivity contribution in [2.75, 3.05) is 0 Å². The highest BCUT2D eigenvalue weighted by molar-refractivity contribution is 5.71. The molecular formula is C7H10N2O. The van der Waals surface area contributed by atoms with Gasteiger partial charge in [0.1, 0.15) is 5.69 Å². The molecule has 0 unspecified atom stereocenters. The van der Waals surface area contributed by atoms with Crippen molar-refractivity contribution in [3.05, 3.63) is 18.0 Å². The summed E-state index contributed by atoms with van der Waals surface area (Å²) in [7, 11) is 0. The van der Waals surface area contributed by atoms with Crippen LogP contribution in [0.3, 0.4) is 0 Å². The molecule has 1 heterocycles. The van der Waals surface area contributed by atoms with Gasteiger partial charge in [-0.3, -0.25) is 9.48 Å². The predicted octanol–water partition coefficient (Wildman–Crippen LogP) is 1.28. The van der Waals surface area contributed by atoms with E-state index in [2.05, 4.69) is 5.10 Å². The number of carbonyl (C=O) groups is 1. The monoisotopic (exact) mass is 138 g/mol. The lowest BCUT2D eigenvalue weighted by Crippen LogP contribution is -2.06. The zero-order chi connectivity index (χ0) is 7.56. The molecule has 0 atom stereocenters. The van der Waals surface area contributed by atoms with Crippen LogP contribution >= 0.6 is 0 Å². The third kappa shape index (κ3) is 1.07. The van der Waals surface area contributed by atoms with Gasteiger partial charge >= 0.3 is 0 Å². The Labute approximate surface area is 59.7 Å². The number of aromatic nitrogens is 2. The average molecular weight is 138 g/mol. The van der Waals surface area contributed by atoms with E-state index in [4.69, 9.17) is 0 Å². The van der Waals surface area contributed by atoms with Crippen molar-refractivity contribution in [2.24, 2.45) is 0 Å². The molecule has 1 rings (SSSR count). The maximum absolute atomic E-state index is 10.3. The maximum atomic E-state index is 10.3. The highest BCUT2D eigenvalue weighted by Crippen LogP contribution is 2.04. The van der Waals surface area contributed by atoms with E-state index in [1.165, 1.54) is 0 Å². The smallest absolute Gasteiger partial charge is 0.168 e. The Morgan fingerprint density at radius 3 is 2.80 bits per heavy atom. The number of nitrogens with zero attached hydrogens (tertiary/aromatic N) is 2. The Balaban J connectivity index is 3.01. The molecule has 0 saturated heterocycles. The molecule has 1 aromatic rings. The molecule has 3 heteroatoms. The van der Waals surface area contributed by atoms with Crippen LogP contribution in [0.25, 0.3) is 0 Å². The first-order valence-corrected chi connectivity index (χ1v) is 3.24. The van der Waals surface area contributed by atoms with Gasteiger partial charge < -0.3 is 0 Å². The van der Waals surface area contributed by atoms with Gasteiger partial charge in [0, 0.05) is 12.2 Å². The van der Waals surface area contributed by atoms with Gasteiger partial charge in [-0.15, -0.1) is 0 Å². The van der Waals surface area contributed by atoms with E-state index in [1.807, 2.05) is 13.8 Å². The van der Waals surface area contributed by atoms with Crippen LogP contribution < -0.4 is 0 Å². The van der Waals surface area contributed by atoms with Gasteiger partial charge in [-0.1, -0.05) is 0 Å². The minimum absolute atomic E-state index is 0.259. The van der Waals surface area contributed by atoms with Crippen LogP contribution in [0.5, 0.6) is 0 Å². The molecule has 0 aliphatic heterocycles. The first-order valence-electron chi connectivity index (χ1n) is 3.24. The molecule has 0 fully saturated rings. The van der Waals surface area contributed by atoms with Crippen LogP contribution in [-0.4, -0.2) is 16.1 Å². The quantitative estimate of drug-likeness (QED) is 0.577. The summed E-state index contributed by atoms with van der Waals surface area (Å²) < 4.78 is 1.69. The van der Waals surface area contributed by atoms with Gasteiger partial charge in [-0.05, 0) is 19.9 Å². The van der Waals surface area contributed by atoms with Gasteiger partial charge in [-0.25, -0.2) is 0 Å². The summed E-state index contributed by atoms with van der Waals surface area (Å²) >= 11 is 0. The van der Waals surface area contributed by atoms with E-state index in [0.717, 1.165) is 6.29 Å². The Morgan fingerprint density at radius 1 is 1.70 bits per heavy atom. The molecule has 0 aliphatic carbocycles. The summed E-state index contributed by atoms with van der Waals surface area (Å²) in [5, 5.41) is 3.97. The van der Waals surface area contributed by atoms with Gasteiger partial charge in [-0.2, -0.15) is 5.10 Å². The van der Waals surface area contributed by atoms with Gasteiger partial charge in [0.25, 0.3) is 0 Å². The van der Waals surface area contributed by atoms with Crippen molar-refractivity contribution < 1.29 is 4.79 Å². The first kappa shape index (κ1) is 6.99. The van der Waals surface area contributed by atoms with Crippen molar-refractivity contribution in [2.45, 2.75) is 19.9 Å². The van der Waals surface area contributed by atoms with E-state index >= 15 is 0 Å². The lowest BCUT2D eigenvalue weighted by molar-refractivity contribution is 0.111. The van der Waals surface area contributed by atoms with Gasteiger partial charge in [0.15, 0.2) is 6.29 Å². The van der Waals surface area contributed by atoms with Gasteiger partial charge in [0.05, 0.1) is 0 Å². The lowest BCUT2D eigenvalue weighted by Gasteiger charge is -2.05. The topological polar surface area (TPSA) is 34.9 Å². The van der Waals surface area contributed by atoms with Crippen molar-refractivity contribution in [3.63, 3.8) is 0 Å². The van der Waals surface area contributed by atoms with Crippen molar-refractivity contribution in [3.8, 4) is 0 Å². The summed E-state index contributed by atoms with van der Waals surface area (Å²) in [5.41, 5.74) is 0.634. The minimum Gasteiger partial charge on any atom is -0.296 e. The largest absolute Gasteiger partial charge is 0.296 e. The summed E-state index contributed by atoms with van der Waals surface area (Å²) in [5.74, 6) is 0. The predicted molar refractivity (Wildman–Crippen MR) is 38.0 cm³/mol. The van der Waals surface area contributed by atoms with E-state index < -0.39 is 0 Å². The standard InChI is InChI=1S/C7H10N2O/c1-6(2)9-7(5-10)3-4-8-9/h3-6H,1-2H3. The highest BCUT2D eigenvalue weighted by Gasteiger charge is 2.02. The molecule has 3 nitrogen and oxygen atoms in total. The Morgan fingerprint density at radius 2 is 2.40 bits per heavy atom. The van der Waals surface area contributed by atoms with E-state index in [0.29, 0.717) is 5.69 Å². The second-order valence-electron chi connectivity index (χ2n) is 2.41. The second kappa shape index (κ2) is 2.64. The number of hydrogen-bond donors (Lipinski definition) is 0. The molecular weight excluding hydrogens is 128 g/mol. The number of carbonyl (C=O) groups excluding carboxylic acids is 1. The van der Waals surface area contributed by atoms with Crippen LogP contribution in [-0.2, 0) is 0 Å². The molecule has 0 spiro atoms. The molecule has 54 valence electrons. The van der Waals surface area contributed by atoms with Crippen LogP contribution in [0.15, 0.2) is 12.3 Å². The molecule has 0 bridgehead atoms. The Kier molecular flexibility index (Phi) is 1.85. The third-order valence-electron chi connectivity index (χ3n) is 1.31. The summed E-state index contributed by atoms with van der Waals surface area (Å²) in [6.07, 6.45) is 2.44. The van der Waals surface area contributed by atoms with Crippen LogP contribution in [0.4, 0.5) is 0 Å². The maximum Gasteiger partial charge on any atom is 0.168 e. The second-order valence-corrected chi connectivity index (χ2v) is 2.41. The van der Waals surface area contributed by atoms with Crippen molar-refractivity contribution in [1.29, 1.82) is 0 Å². The molecule has 0 aromatic carbocycles. The molecule has 0 aliphatic rings. The Bertz CT molecular complexity index is 227. The van der Waals surface area contributed by atoms with Crippen molar-refractivity contribution >= 4 is 6.29 Å². The fourth-order valence-corrected chi connectivity index (χ4v) is 0.849. The van der Waals surface area contributed by atoms with E-state index in [9.17, 15) is 4.79 Å². The minimum atomic E-state index is 0.259. The normalized spacial score (nSPS) is 10.3. The van der Waals surface area contributed by atoms with Crippen LogP contribution in [0, 0.1) is 0 Å². The average Bonchev–Trinajstić information content (AvgIpc) is 2.33. The molecule has 1 aromatic heterocycles.